The van der Waals surface area contributed by atoms with E-state index in [0.717, 1.165) is 85.6 Å². The fourth-order valence-electron chi connectivity index (χ4n) is 12.2. The second-order valence-electron chi connectivity index (χ2n) is 19.7. The summed E-state index contributed by atoms with van der Waals surface area (Å²) in [7, 11) is 0. The Morgan fingerprint density at radius 2 is 1.19 bits per heavy atom. The van der Waals surface area contributed by atoms with Crippen LogP contribution in [-0.4, -0.2) is 14.5 Å². The monoisotopic (exact) mass is 1090 g/mol. The van der Waals surface area contributed by atoms with Gasteiger partial charge in [-0.3, -0.25) is 0 Å². The van der Waals surface area contributed by atoms with Crippen LogP contribution in [0.3, 0.4) is 0 Å². The molecule has 6 nitrogen and oxygen atoms in total. The van der Waals surface area contributed by atoms with Crippen molar-refractivity contribution in [1.82, 2.24) is 14.5 Å². The summed E-state index contributed by atoms with van der Waals surface area (Å²) < 4.78 is 9.01. The van der Waals surface area contributed by atoms with E-state index in [-0.39, 0.29) is 37.3 Å². The summed E-state index contributed by atoms with van der Waals surface area (Å²) >= 11 is 0. The zero-order valence-corrected chi connectivity index (χ0v) is 42.0. The van der Waals surface area contributed by atoms with Crippen molar-refractivity contribution in [3.05, 3.63) is 230 Å². The number of pyridine rings is 2. The number of hydrogen-bond donors (Lipinski definition) is 0. The van der Waals surface area contributed by atoms with Crippen LogP contribution in [0.2, 0.25) is 0 Å². The molecular formula is C63H52N5OPt-3. The quantitative estimate of drug-likeness (QED) is 0.135. The number of benzene rings is 7. The van der Waals surface area contributed by atoms with Crippen molar-refractivity contribution in [3.8, 4) is 39.6 Å². The van der Waals surface area contributed by atoms with E-state index in [9.17, 15) is 0 Å². The number of anilines is 4. The molecule has 1 fully saturated rings. The van der Waals surface area contributed by atoms with Crippen LogP contribution in [0.5, 0.6) is 11.5 Å². The third kappa shape index (κ3) is 7.35. The van der Waals surface area contributed by atoms with Crippen molar-refractivity contribution < 1.29 is 25.8 Å². The molecule has 348 valence electrons. The molecule has 3 aromatic heterocycles. The van der Waals surface area contributed by atoms with Gasteiger partial charge in [-0.05, 0) is 81.6 Å². The van der Waals surface area contributed by atoms with Crippen LogP contribution in [0, 0.1) is 29.6 Å². The second kappa shape index (κ2) is 17.9. The summed E-state index contributed by atoms with van der Waals surface area (Å²) in [5, 5.41) is 2.22. The predicted octanol–water partition coefficient (Wildman–Crippen LogP) is 16.2. The molecule has 0 radical (unpaired) electrons. The SMILES string of the molecule is CC1(C)CCCC(C)(C)C1(c1ccccc1)c1ccnc(-n2c3[c-]c(Oc4[c-]c(N5[CH-]N(c6c(-c7ccccc7)cccc6-c6ccccc6)c6cccnc65)ccc4)ccc3c3ccccc32)c1.[Pt]. The number of hydrogen-bond acceptors (Lipinski definition) is 5. The summed E-state index contributed by atoms with van der Waals surface area (Å²) in [6.07, 6.45) is 7.33. The van der Waals surface area contributed by atoms with Gasteiger partial charge in [-0.15, -0.1) is 42.4 Å². The van der Waals surface area contributed by atoms with Crippen LogP contribution in [0.15, 0.2) is 200 Å². The minimum absolute atomic E-state index is 0. The van der Waals surface area contributed by atoms with Gasteiger partial charge in [0.05, 0.1) is 5.69 Å². The van der Waals surface area contributed by atoms with Gasteiger partial charge in [0.1, 0.15) is 11.6 Å². The van der Waals surface area contributed by atoms with E-state index < -0.39 is 0 Å². The van der Waals surface area contributed by atoms with E-state index in [0.29, 0.717) is 11.5 Å². The largest absolute Gasteiger partial charge is 0.509 e. The van der Waals surface area contributed by atoms with Gasteiger partial charge in [0.2, 0.25) is 0 Å². The number of rotatable bonds is 9. The Bertz CT molecular complexity index is 3440. The van der Waals surface area contributed by atoms with Gasteiger partial charge in [-0.1, -0.05) is 173 Å². The van der Waals surface area contributed by atoms with Gasteiger partial charge >= 0.3 is 0 Å². The van der Waals surface area contributed by atoms with Crippen LogP contribution < -0.4 is 14.5 Å². The number of aromatic nitrogens is 3. The van der Waals surface area contributed by atoms with E-state index in [1.165, 1.54) is 17.5 Å². The van der Waals surface area contributed by atoms with Gasteiger partial charge in [-0.2, -0.15) is 12.1 Å². The first kappa shape index (κ1) is 45.2. The molecule has 0 unspecified atom stereocenters. The maximum Gasteiger partial charge on any atom is 0.135 e. The molecule has 12 rings (SSSR count). The molecule has 1 aliphatic heterocycles. The molecule has 7 heteroatoms. The van der Waals surface area contributed by atoms with Crippen molar-refractivity contribution in [3.63, 3.8) is 0 Å². The van der Waals surface area contributed by atoms with Crippen molar-refractivity contribution in [2.75, 3.05) is 9.80 Å². The topological polar surface area (TPSA) is 46.4 Å². The van der Waals surface area contributed by atoms with Crippen molar-refractivity contribution in [2.24, 2.45) is 10.8 Å². The van der Waals surface area contributed by atoms with E-state index in [1.807, 2.05) is 42.7 Å². The van der Waals surface area contributed by atoms with Gasteiger partial charge in [0.15, 0.2) is 0 Å². The average molecular weight is 1090 g/mol. The Balaban J connectivity index is 0.00000533. The Morgan fingerprint density at radius 3 is 1.90 bits per heavy atom. The van der Waals surface area contributed by atoms with Crippen LogP contribution in [-0.2, 0) is 26.5 Å². The summed E-state index contributed by atoms with van der Waals surface area (Å²) in [5.41, 5.74) is 11.6. The van der Waals surface area contributed by atoms with Crippen LogP contribution in [0.25, 0.3) is 49.9 Å². The zero-order valence-electron chi connectivity index (χ0n) is 39.7. The number of fused-ring (bicyclic) bond motifs is 4. The fraction of sp³-hybridized carbons (Fsp3) is 0.159. The maximum absolute atomic E-state index is 6.75. The third-order valence-corrected chi connectivity index (χ3v) is 15.0. The molecule has 0 atom stereocenters. The van der Waals surface area contributed by atoms with Crippen molar-refractivity contribution in [2.45, 2.75) is 52.4 Å². The second-order valence-corrected chi connectivity index (χ2v) is 19.7. The van der Waals surface area contributed by atoms with Gasteiger partial charge in [-0.25, -0.2) is 9.97 Å². The normalized spacial score (nSPS) is 15.7. The number of nitrogens with zero attached hydrogens (tertiary/aromatic N) is 5. The van der Waals surface area contributed by atoms with Crippen LogP contribution in [0.4, 0.5) is 22.9 Å². The van der Waals surface area contributed by atoms with Crippen LogP contribution >= 0.6 is 0 Å². The fourth-order valence-corrected chi connectivity index (χ4v) is 12.2. The van der Waals surface area contributed by atoms with Crippen molar-refractivity contribution >= 4 is 44.7 Å². The van der Waals surface area contributed by atoms with E-state index in [2.05, 4.69) is 219 Å². The standard InChI is InChI=1S/C63H52N5O.Pt/c1-61(2)36-19-37-62(3,4)63(61,46-24-12-7-13-25-46)47-35-39-64-58(40-47)68-55-31-15-14-28-53(55)54-34-33-50(42-57(54)68)69-49-27-16-26-48(41-49)66-43-67(56-32-18-38-65-60(56)66)59-51(44-20-8-5-9-21-44)29-17-30-52(59)45-22-10-6-11-23-45;/h5-18,20-35,38-40,43H,19,36-37H2,1-4H3;/q-3;. The van der Waals surface area contributed by atoms with E-state index >= 15 is 0 Å². The molecule has 0 N–H and O–H groups in total. The molecule has 0 spiro atoms. The zero-order chi connectivity index (χ0) is 46.7. The molecule has 0 bridgehead atoms. The molecular weight excluding hydrogens is 1040 g/mol. The Hall–Kier alpha value is -7.27. The minimum atomic E-state index is -0.260. The smallest absolute Gasteiger partial charge is 0.135 e. The molecule has 0 amide bonds. The number of para-hydroxylation sites is 2. The molecule has 10 aromatic rings. The van der Waals surface area contributed by atoms with Gasteiger partial charge in [0.25, 0.3) is 0 Å². The molecule has 1 saturated carbocycles. The van der Waals surface area contributed by atoms with Gasteiger partial charge < -0.3 is 19.1 Å². The summed E-state index contributed by atoms with van der Waals surface area (Å²) in [6, 6.07) is 73.6. The van der Waals surface area contributed by atoms with E-state index in [4.69, 9.17) is 14.7 Å². The molecule has 0 saturated heterocycles. The molecule has 70 heavy (non-hydrogen) atoms. The first-order chi connectivity index (χ1) is 33.7. The molecule has 2 aliphatic rings. The molecule has 7 aromatic carbocycles. The Kier molecular flexibility index (Phi) is 11.6. The Morgan fingerprint density at radius 1 is 0.543 bits per heavy atom. The van der Waals surface area contributed by atoms with Crippen LogP contribution in [0.1, 0.15) is 58.1 Å². The van der Waals surface area contributed by atoms with E-state index in [1.54, 1.807) is 0 Å². The minimum Gasteiger partial charge on any atom is -0.509 e. The number of ether oxygens (including phenoxy) is 1. The van der Waals surface area contributed by atoms with Crippen molar-refractivity contribution in [1.29, 1.82) is 0 Å². The molecule has 1 aliphatic carbocycles. The Labute approximate surface area is 425 Å². The summed E-state index contributed by atoms with van der Waals surface area (Å²) in [6.45, 7) is 12.0. The summed E-state index contributed by atoms with van der Waals surface area (Å²) in [5.74, 6) is 2.81. The first-order valence-corrected chi connectivity index (χ1v) is 24.0. The summed E-state index contributed by atoms with van der Waals surface area (Å²) in [4.78, 5) is 14.4. The van der Waals surface area contributed by atoms with Gasteiger partial charge in [0, 0.05) is 72.7 Å². The maximum atomic E-state index is 6.75. The third-order valence-electron chi connectivity index (χ3n) is 15.0. The predicted molar refractivity (Wildman–Crippen MR) is 282 cm³/mol. The molecule has 4 heterocycles. The first-order valence-electron chi connectivity index (χ1n) is 24.0. The average Bonchev–Trinajstić information content (AvgIpc) is 3.93.